The van der Waals surface area contributed by atoms with Crippen molar-refractivity contribution in [2.24, 2.45) is 5.92 Å². The first-order chi connectivity index (χ1) is 7.77. The number of halogens is 1. The van der Waals surface area contributed by atoms with Gasteiger partial charge in [-0.3, -0.25) is 4.79 Å². The van der Waals surface area contributed by atoms with Crippen molar-refractivity contribution in [2.45, 2.75) is 26.2 Å². The van der Waals surface area contributed by atoms with E-state index >= 15 is 0 Å². The monoisotopic (exact) mass is 259 g/mol. The Balaban J connectivity index is 2.34. The molecule has 0 saturated heterocycles. The van der Waals surface area contributed by atoms with Crippen molar-refractivity contribution in [1.82, 2.24) is 5.32 Å². The molecule has 0 spiro atoms. The summed E-state index contributed by atoms with van der Waals surface area (Å²) in [5.41, 5.74) is 0. The van der Waals surface area contributed by atoms with Crippen LogP contribution in [0, 0.1) is 5.92 Å². The molecule has 0 radical (unpaired) electrons. The van der Waals surface area contributed by atoms with Gasteiger partial charge in [-0.2, -0.15) is 0 Å². The normalized spacial score (nSPS) is 12.4. The van der Waals surface area contributed by atoms with Crippen LogP contribution < -0.4 is 5.32 Å². The lowest BCUT2D eigenvalue weighted by Crippen LogP contribution is -2.29. The van der Waals surface area contributed by atoms with Crippen molar-refractivity contribution in [3.05, 3.63) is 22.4 Å². The summed E-state index contributed by atoms with van der Waals surface area (Å²) in [5, 5.41) is 4.88. The maximum absolute atomic E-state index is 11.7. The molecule has 90 valence electrons. The molecule has 0 saturated carbocycles. The number of carbonyl (C=O) groups excluding carboxylic acids is 1. The van der Waals surface area contributed by atoms with Crippen LogP contribution in [0.15, 0.2) is 17.5 Å². The first kappa shape index (κ1) is 13.5. The Hall–Kier alpha value is -0.540. The number of thiophene rings is 1. The van der Waals surface area contributed by atoms with Gasteiger partial charge < -0.3 is 5.32 Å². The van der Waals surface area contributed by atoms with Crippen molar-refractivity contribution in [3.63, 3.8) is 0 Å². The molecule has 1 N–H and O–H groups in total. The average Bonchev–Trinajstić information content (AvgIpc) is 2.79. The molecular formula is C12H18ClNOS. The van der Waals surface area contributed by atoms with E-state index in [-0.39, 0.29) is 5.91 Å². The van der Waals surface area contributed by atoms with E-state index in [0.717, 1.165) is 30.7 Å². The molecular weight excluding hydrogens is 242 g/mol. The van der Waals surface area contributed by atoms with E-state index in [1.54, 1.807) is 0 Å². The Labute approximate surface area is 106 Å². The molecule has 0 aromatic carbocycles. The van der Waals surface area contributed by atoms with Gasteiger partial charge in [0.2, 0.25) is 0 Å². The van der Waals surface area contributed by atoms with Crippen LogP contribution in [0.3, 0.4) is 0 Å². The highest BCUT2D eigenvalue weighted by atomic mass is 35.5. The van der Waals surface area contributed by atoms with E-state index in [1.807, 2.05) is 17.5 Å². The second-order valence-corrected chi connectivity index (χ2v) is 5.15. The van der Waals surface area contributed by atoms with Gasteiger partial charge in [0.05, 0.1) is 4.88 Å². The molecule has 1 aromatic heterocycles. The zero-order valence-corrected chi connectivity index (χ0v) is 11.1. The number of hydrogen-bond acceptors (Lipinski definition) is 2. The minimum atomic E-state index is 0.0330. The number of carbonyl (C=O) groups is 1. The number of rotatable bonds is 7. The van der Waals surface area contributed by atoms with Crippen molar-refractivity contribution in [2.75, 3.05) is 12.4 Å². The predicted molar refractivity (Wildman–Crippen MR) is 70.4 cm³/mol. The summed E-state index contributed by atoms with van der Waals surface area (Å²) >= 11 is 7.21. The molecule has 1 aromatic rings. The minimum absolute atomic E-state index is 0.0330. The lowest BCUT2D eigenvalue weighted by Gasteiger charge is -2.15. The molecule has 1 rings (SSSR count). The van der Waals surface area contributed by atoms with Crippen molar-refractivity contribution in [1.29, 1.82) is 0 Å². The van der Waals surface area contributed by atoms with Crippen LogP contribution in [0.2, 0.25) is 0 Å². The lowest BCUT2D eigenvalue weighted by atomic mass is 10.0. The summed E-state index contributed by atoms with van der Waals surface area (Å²) in [6.45, 7) is 2.89. The first-order valence-electron chi connectivity index (χ1n) is 5.65. The lowest BCUT2D eigenvalue weighted by molar-refractivity contribution is 0.0950. The molecule has 1 unspecified atom stereocenters. The van der Waals surface area contributed by atoms with E-state index in [9.17, 15) is 4.79 Å². The van der Waals surface area contributed by atoms with Gasteiger partial charge in [0.1, 0.15) is 0 Å². The van der Waals surface area contributed by atoms with Crippen LogP contribution in [-0.2, 0) is 0 Å². The second-order valence-electron chi connectivity index (χ2n) is 3.82. The number of nitrogens with one attached hydrogen (secondary N) is 1. The highest BCUT2D eigenvalue weighted by molar-refractivity contribution is 7.12. The van der Waals surface area contributed by atoms with Gasteiger partial charge in [-0.25, -0.2) is 0 Å². The molecule has 0 bridgehead atoms. The molecule has 1 atom stereocenters. The third-order valence-corrected chi connectivity index (χ3v) is 3.60. The molecule has 0 aliphatic rings. The fourth-order valence-corrected chi connectivity index (χ4v) is 2.59. The van der Waals surface area contributed by atoms with Gasteiger partial charge >= 0.3 is 0 Å². The molecule has 2 nitrogen and oxygen atoms in total. The van der Waals surface area contributed by atoms with E-state index in [4.69, 9.17) is 11.6 Å². The summed E-state index contributed by atoms with van der Waals surface area (Å²) in [6.07, 6.45) is 3.23. The van der Waals surface area contributed by atoms with Crippen LogP contribution in [-0.4, -0.2) is 18.3 Å². The first-order valence-corrected chi connectivity index (χ1v) is 7.07. The Kier molecular flexibility index (Phi) is 6.50. The molecule has 4 heteroatoms. The molecule has 1 amide bonds. The van der Waals surface area contributed by atoms with Crippen LogP contribution in [0.25, 0.3) is 0 Å². The Bertz CT molecular complexity index is 294. The highest BCUT2D eigenvalue weighted by Gasteiger charge is 2.10. The molecule has 1 heterocycles. The summed E-state index contributed by atoms with van der Waals surface area (Å²) in [4.78, 5) is 12.5. The van der Waals surface area contributed by atoms with Gasteiger partial charge in [-0.05, 0) is 30.2 Å². The SMILES string of the molecule is CCCC(CCCl)CNC(=O)c1cccs1. The topological polar surface area (TPSA) is 29.1 Å². The summed E-state index contributed by atoms with van der Waals surface area (Å²) in [5.74, 6) is 1.21. The second kappa shape index (κ2) is 7.69. The fraction of sp³-hybridized carbons (Fsp3) is 0.583. The quantitative estimate of drug-likeness (QED) is 0.746. The summed E-state index contributed by atoms with van der Waals surface area (Å²) < 4.78 is 0. The fourth-order valence-electron chi connectivity index (χ4n) is 1.64. The predicted octanol–water partition coefficient (Wildman–Crippen LogP) is 3.52. The molecule has 0 fully saturated rings. The van der Waals surface area contributed by atoms with Crippen molar-refractivity contribution < 1.29 is 4.79 Å². The van der Waals surface area contributed by atoms with Gasteiger partial charge in [0, 0.05) is 12.4 Å². The average molecular weight is 260 g/mol. The standard InChI is InChI=1S/C12H18ClNOS/c1-2-4-10(6-7-13)9-14-12(15)11-5-3-8-16-11/h3,5,8,10H,2,4,6-7,9H2,1H3,(H,14,15). The zero-order chi connectivity index (χ0) is 11.8. The van der Waals surface area contributed by atoms with Gasteiger partial charge in [-0.15, -0.1) is 22.9 Å². The Morgan fingerprint density at radius 2 is 2.38 bits per heavy atom. The van der Waals surface area contributed by atoms with Crippen LogP contribution >= 0.6 is 22.9 Å². The summed E-state index contributed by atoms with van der Waals surface area (Å²) in [6, 6.07) is 3.73. The van der Waals surface area contributed by atoms with Crippen LogP contribution in [0.1, 0.15) is 35.9 Å². The maximum Gasteiger partial charge on any atom is 0.261 e. The van der Waals surface area contributed by atoms with E-state index < -0.39 is 0 Å². The largest absolute Gasteiger partial charge is 0.351 e. The van der Waals surface area contributed by atoms with Gasteiger partial charge in [0.15, 0.2) is 0 Å². The third-order valence-electron chi connectivity index (χ3n) is 2.51. The van der Waals surface area contributed by atoms with Crippen molar-refractivity contribution >= 4 is 28.8 Å². The minimum Gasteiger partial charge on any atom is -0.351 e. The number of hydrogen-bond donors (Lipinski definition) is 1. The maximum atomic E-state index is 11.7. The van der Waals surface area contributed by atoms with Crippen LogP contribution in [0.4, 0.5) is 0 Å². The zero-order valence-electron chi connectivity index (χ0n) is 9.54. The van der Waals surface area contributed by atoms with Gasteiger partial charge in [0.25, 0.3) is 5.91 Å². The van der Waals surface area contributed by atoms with E-state index in [0.29, 0.717) is 11.8 Å². The molecule has 0 aliphatic heterocycles. The van der Waals surface area contributed by atoms with Gasteiger partial charge in [-0.1, -0.05) is 19.4 Å². The number of alkyl halides is 1. The van der Waals surface area contributed by atoms with E-state index in [2.05, 4.69) is 12.2 Å². The molecule has 0 aliphatic carbocycles. The smallest absolute Gasteiger partial charge is 0.261 e. The summed E-state index contributed by atoms with van der Waals surface area (Å²) in [7, 11) is 0. The van der Waals surface area contributed by atoms with Crippen LogP contribution in [0.5, 0.6) is 0 Å². The third kappa shape index (κ3) is 4.54. The highest BCUT2D eigenvalue weighted by Crippen LogP contribution is 2.12. The number of amides is 1. The van der Waals surface area contributed by atoms with Crippen molar-refractivity contribution in [3.8, 4) is 0 Å². The Morgan fingerprint density at radius 3 is 2.94 bits per heavy atom. The van der Waals surface area contributed by atoms with E-state index in [1.165, 1.54) is 11.3 Å². The Morgan fingerprint density at radius 1 is 1.56 bits per heavy atom. The molecule has 16 heavy (non-hydrogen) atoms.